The van der Waals surface area contributed by atoms with E-state index in [1.807, 2.05) is 24.3 Å². The van der Waals surface area contributed by atoms with Crippen molar-refractivity contribution in [3.63, 3.8) is 0 Å². The summed E-state index contributed by atoms with van der Waals surface area (Å²) in [4.78, 5) is 12.1. The summed E-state index contributed by atoms with van der Waals surface area (Å²) in [5, 5.41) is 4.04. The summed E-state index contributed by atoms with van der Waals surface area (Å²) >= 11 is 3.33. The Bertz CT molecular complexity index is 558. The molecule has 4 nitrogen and oxygen atoms in total. The molecule has 0 bridgehead atoms. The first-order chi connectivity index (χ1) is 8.58. The van der Waals surface area contributed by atoms with Crippen LogP contribution in [0, 0.1) is 0 Å². The van der Waals surface area contributed by atoms with Crippen molar-refractivity contribution in [2.45, 2.75) is 12.8 Å². The third kappa shape index (κ3) is 2.79. The first kappa shape index (κ1) is 12.8. The number of hydrogen-bond acceptors (Lipinski definition) is 3. The summed E-state index contributed by atoms with van der Waals surface area (Å²) in [6, 6.07) is 7.60. The number of carbonyl (C=O) groups is 1. The van der Waals surface area contributed by atoms with Gasteiger partial charge < -0.3 is 5.73 Å². The van der Waals surface area contributed by atoms with Crippen LogP contribution >= 0.6 is 15.9 Å². The van der Waals surface area contributed by atoms with Crippen molar-refractivity contribution < 1.29 is 4.79 Å². The van der Waals surface area contributed by atoms with E-state index in [4.69, 9.17) is 5.73 Å². The van der Waals surface area contributed by atoms with Gasteiger partial charge in [0.2, 0.25) is 0 Å². The number of hydrogen-bond donors (Lipinski definition) is 1. The van der Waals surface area contributed by atoms with Crippen LogP contribution in [0.3, 0.4) is 0 Å². The predicted octanol–water partition coefficient (Wildman–Crippen LogP) is 2.58. The van der Waals surface area contributed by atoms with Crippen molar-refractivity contribution in [3.05, 3.63) is 46.2 Å². The minimum atomic E-state index is 0.0734. The molecule has 0 aliphatic heterocycles. The third-order valence-electron chi connectivity index (χ3n) is 2.75. The van der Waals surface area contributed by atoms with Crippen LogP contribution in [-0.4, -0.2) is 15.6 Å². The van der Waals surface area contributed by atoms with Crippen molar-refractivity contribution in [2.24, 2.45) is 7.05 Å². The van der Waals surface area contributed by atoms with Gasteiger partial charge in [-0.05, 0) is 40.0 Å². The number of nitrogen functional groups attached to an aromatic ring is 1. The highest BCUT2D eigenvalue weighted by Crippen LogP contribution is 2.18. The number of aryl methyl sites for hydroxylation is 2. The van der Waals surface area contributed by atoms with Gasteiger partial charge >= 0.3 is 0 Å². The Kier molecular flexibility index (Phi) is 3.81. The molecule has 18 heavy (non-hydrogen) atoms. The van der Waals surface area contributed by atoms with Crippen LogP contribution in [-0.2, 0) is 13.5 Å². The van der Waals surface area contributed by atoms with Gasteiger partial charge in [0, 0.05) is 19.2 Å². The van der Waals surface area contributed by atoms with Crippen molar-refractivity contribution >= 4 is 27.4 Å². The minimum Gasteiger partial charge on any atom is -0.399 e. The van der Waals surface area contributed by atoms with Crippen LogP contribution in [0.25, 0.3) is 0 Å². The van der Waals surface area contributed by atoms with Crippen molar-refractivity contribution in [1.82, 2.24) is 9.78 Å². The van der Waals surface area contributed by atoms with Crippen LogP contribution < -0.4 is 5.73 Å². The monoisotopic (exact) mass is 307 g/mol. The van der Waals surface area contributed by atoms with Gasteiger partial charge in [-0.3, -0.25) is 9.48 Å². The number of carbonyl (C=O) groups excluding carboxylic acids is 1. The molecule has 0 aliphatic rings. The van der Waals surface area contributed by atoms with E-state index in [1.54, 1.807) is 17.9 Å². The molecule has 1 aromatic heterocycles. The summed E-state index contributed by atoms with van der Waals surface area (Å²) in [6.45, 7) is 0. The molecule has 1 heterocycles. The lowest BCUT2D eigenvalue weighted by molar-refractivity contribution is 0.0973. The molecule has 94 valence electrons. The van der Waals surface area contributed by atoms with Gasteiger partial charge in [-0.2, -0.15) is 5.10 Å². The van der Waals surface area contributed by atoms with E-state index in [0.717, 1.165) is 15.7 Å². The highest BCUT2D eigenvalue weighted by molar-refractivity contribution is 9.10. The lowest BCUT2D eigenvalue weighted by Crippen LogP contribution is -2.08. The number of anilines is 1. The Labute approximate surface area is 114 Å². The van der Waals surface area contributed by atoms with Gasteiger partial charge in [-0.15, -0.1) is 0 Å². The highest BCUT2D eigenvalue weighted by atomic mass is 79.9. The molecular weight excluding hydrogens is 294 g/mol. The highest BCUT2D eigenvalue weighted by Gasteiger charge is 2.14. The standard InChI is InChI=1S/C13H14BrN3O/c1-17-13(11(14)8-16-17)12(18)6-5-9-3-2-4-10(15)7-9/h2-4,7-8H,5-6,15H2,1H3. The third-order valence-corrected chi connectivity index (χ3v) is 3.33. The van der Waals surface area contributed by atoms with Gasteiger partial charge in [-0.25, -0.2) is 0 Å². The molecule has 0 spiro atoms. The average molecular weight is 308 g/mol. The van der Waals surface area contributed by atoms with Crippen molar-refractivity contribution in [2.75, 3.05) is 5.73 Å². The second-order valence-electron chi connectivity index (χ2n) is 4.13. The Balaban J connectivity index is 2.05. The second kappa shape index (κ2) is 5.35. The SMILES string of the molecule is Cn1ncc(Br)c1C(=O)CCc1cccc(N)c1. The molecule has 0 fully saturated rings. The fraction of sp³-hybridized carbons (Fsp3) is 0.231. The molecule has 0 saturated carbocycles. The fourth-order valence-corrected chi connectivity index (χ4v) is 2.42. The first-order valence-corrected chi connectivity index (χ1v) is 6.42. The molecule has 0 saturated heterocycles. The normalized spacial score (nSPS) is 10.6. The van der Waals surface area contributed by atoms with Crippen LogP contribution in [0.4, 0.5) is 5.69 Å². The zero-order valence-corrected chi connectivity index (χ0v) is 11.6. The lowest BCUT2D eigenvalue weighted by atomic mass is 10.1. The Morgan fingerprint density at radius 3 is 2.89 bits per heavy atom. The second-order valence-corrected chi connectivity index (χ2v) is 4.99. The Morgan fingerprint density at radius 1 is 1.50 bits per heavy atom. The van der Waals surface area contributed by atoms with Crippen molar-refractivity contribution in [3.8, 4) is 0 Å². The quantitative estimate of drug-likeness (QED) is 0.697. The number of ketones is 1. The molecule has 0 atom stereocenters. The number of nitrogens with zero attached hydrogens (tertiary/aromatic N) is 2. The zero-order valence-electron chi connectivity index (χ0n) is 10.1. The van der Waals surface area contributed by atoms with Gasteiger partial charge in [0.25, 0.3) is 0 Å². The molecular formula is C13H14BrN3O. The molecule has 5 heteroatoms. The number of nitrogens with two attached hydrogens (primary N) is 1. The van der Waals surface area contributed by atoms with E-state index in [9.17, 15) is 4.79 Å². The first-order valence-electron chi connectivity index (χ1n) is 5.63. The smallest absolute Gasteiger partial charge is 0.182 e. The predicted molar refractivity (Wildman–Crippen MR) is 74.4 cm³/mol. The summed E-state index contributed by atoms with van der Waals surface area (Å²) in [5.41, 5.74) is 8.11. The fourth-order valence-electron chi connectivity index (χ4n) is 1.85. The maximum atomic E-state index is 12.1. The molecule has 0 aliphatic carbocycles. The summed E-state index contributed by atoms with van der Waals surface area (Å²) < 4.78 is 2.33. The van der Waals surface area contributed by atoms with Crippen LogP contribution in [0.1, 0.15) is 22.5 Å². The number of benzene rings is 1. The van der Waals surface area contributed by atoms with Gasteiger partial charge in [0.15, 0.2) is 5.78 Å². The van der Waals surface area contributed by atoms with Crippen LogP contribution in [0.15, 0.2) is 34.9 Å². The molecule has 2 rings (SSSR count). The number of aromatic nitrogens is 2. The van der Waals surface area contributed by atoms with E-state index >= 15 is 0 Å². The number of halogens is 1. The molecule has 2 N–H and O–H groups in total. The van der Waals surface area contributed by atoms with Crippen LogP contribution in [0.5, 0.6) is 0 Å². The number of Topliss-reactive ketones (excluding diaryl/α,β-unsaturated/α-hetero) is 1. The van der Waals surface area contributed by atoms with E-state index < -0.39 is 0 Å². The van der Waals surface area contributed by atoms with Gasteiger partial charge in [-0.1, -0.05) is 12.1 Å². The Morgan fingerprint density at radius 2 is 2.28 bits per heavy atom. The van der Waals surface area contributed by atoms with E-state index in [2.05, 4.69) is 21.0 Å². The van der Waals surface area contributed by atoms with E-state index in [0.29, 0.717) is 18.5 Å². The van der Waals surface area contributed by atoms with Crippen molar-refractivity contribution in [1.29, 1.82) is 0 Å². The topological polar surface area (TPSA) is 60.9 Å². The Hall–Kier alpha value is -1.62. The molecule has 0 unspecified atom stereocenters. The average Bonchev–Trinajstić information content (AvgIpc) is 2.66. The summed E-state index contributed by atoms with van der Waals surface area (Å²) in [6.07, 6.45) is 2.76. The zero-order chi connectivity index (χ0) is 13.1. The van der Waals surface area contributed by atoms with E-state index in [1.165, 1.54) is 0 Å². The maximum absolute atomic E-state index is 12.1. The minimum absolute atomic E-state index is 0.0734. The molecule has 2 aromatic rings. The summed E-state index contributed by atoms with van der Waals surface area (Å²) in [7, 11) is 1.76. The lowest BCUT2D eigenvalue weighted by Gasteiger charge is -2.04. The summed E-state index contributed by atoms with van der Waals surface area (Å²) in [5.74, 6) is 0.0734. The van der Waals surface area contributed by atoms with E-state index in [-0.39, 0.29) is 5.78 Å². The van der Waals surface area contributed by atoms with Gasteiger partial charge in [0.1, 0.15) is 5.69 Å². The molecule has 1 aromatic carbocycles. The maximum Gasteiger partial charge on any atom is 0.182 e. The molecule has 0 radical (unpaired) electrons. The number of rotatable bonds is 4. The molecule has 0 amide bonds. The van der Waals surface area contributed by atoms with Gasteiger partial charge in [0.05, 0.1) is 10.7 Å². The largest absolute Gasteiger partial charge is 0.399 e. The van der Waals surface area contributed by atoms with Crippen LogP contribution in [0.2, 0.25) is 0 Å².